The smallest absolute Gasteiger partial charge is 0.252 e. The number of H-pyrrole nitrogens is 1. The molecule has 2 aromatic rings. The van der Waals surface area contributed by atoms with Gasteiger partial charge in [0.1, 0.15) is 5.75 Å². The Balaban J connectivity index is 1.82. The number of pyridine rings is 1. The molecular weight excluding hydrogens is 276 g/mol. The number of rotatable bonds is 7. The van der Waals surface area contributed by atoms with E-state index in [2.05, 4.69) is 17.2 Å². The van der Waals surface area contributed by atoms with Gasteiger partial charge in [0.2, 0.25) is 0 Å². The second kappa shape index (κ2) is 6.79. The quantitative estimate of drug-likeness (QED) is 0.826. The molecule has 116 valence electrons. The molecule has 22 heavy (non-hydrogen) atoms. The first-order chi connectivity index (χ1) is 10.8. The van der Waals surface area contributed by atoms with Crippen LogP contribution in [-0.2, 0) is 6.54 Å². The van der Waals surface area contributed by atoms with Gasteiger partial charge in [-0.1, -0.05) is 25.1 Å². The van der Waals surface area contributed by atoms with Crippen LogP contribution in [0.1, 0.15) is 31.7 Å². The third-order valence-electron chi connectivity index (χ3n) is 3.79. The third-order valence-corrected chi connectivity index (χ3v) is 3.79. The summed E-state index contributed by atoms with van der Waals surface area (Å²) in [5.74, 6) is 0.809. The summed E-state index contributed by atoms with van der Waals surface area (Å²) in [4.78, 5) is 15.2. The summed E-state index contributed by atoms with van der Waals surface area (Å²) < 4.78 is 5.76. The molecule has 0 saturated heterocycles. The molecule has 1 aromatic heterocycles. The number of aromatic nitrogens is 1. The minimum Gasteiger partial charge on any atom is -0.493 e. The van der Waals surface area contributed by atoms with Gasteiger partial charge in [-0.3, -0.25) is 4.79 Å². The van der Waals surface area contributed by atoms with Crippen LogP contribution in [0.5, 0.6) is 5.75 Å². The van der Waals surface area contributed by atoms with Gasteiger partial charge in [0.05, 0.1) is 12.3 Å². The van der Waals surface area contributed by atoms with Gasteiger partial charge in [-0.2, -0.15) is 0 Å². The van der Waals surface area contributed by atoms with Gasteiger partial charge in [0, 0.05) is 23.7 Å². The molecule has 2 N–H and O–H groups in total. The van der Waals surface area contributed by atoms with Crippen molar-refractivity contribution in [2.45, 2.75) is 38.8 Å². The van der Waals surface area contributed by atoms with Crippen LogP contribution in [0.4, 0.5) is 0 Å². The minimum absolute atomic E-state index is 0.0315. The van der Waals surface area contributed by atoms with E-state index in [-0.39, 0.29) is 5.56 Å². The second-order valence-corrected chi connectivity index (χ2v) is 5.73. The van der Waals surface area contributed by atoms with Crippen molar-refractivity contribution in [1.29, 1.82) is 0 Å². The Bertz CT molecular complexity index is 689. The Hall–Kier alpha value is -2.07. The first kappa shape index (κ1) is 14.9. The van der Waals surface area contributed by atoms with Crippen LogP contribution in [0.2, 0.25) is 0 Å². The molecule has 1 aliphatic carbocycles. The number of aromatic amines is 1. The summed E-state index contributed by atoms with van der Waals surface area (Å²) in [7, 11) is 0. The molecule has 1 aliphatic rings. The van der Waals surface area contributed by atoms with Crippen molar-refractivity contribution < 1.29 is 4.74 Å². The summed E-state index contributed by atoms with van der Waals surface area (Å²) in [6.07, 6.45) is 3.40. The zero-order valence-electron chi connectivity index (χ0n) is 12.9. The SMILES string of the molecule is CCCOc1ccccc1-c1ccc(CNC2CC2)c(=O)[nH]1. The Kier molecular flexibility index (Phi) is 4.59. The maximum Gasteiger partial charge on any atom is 0.252 e. The highest BCUT2D eigenvalue weighted by Crippen LogP contribution is 2.28. The summed E-state index contributed by atoms with van der Waals surface area (Å²) >= 11 is 0. The fourth-order valence-corrected chi connectivity index (χ4v) is 2.37. The minimum atomic E-state index is -0.0315. The highest BCUT2D eigenvalue weighted by atomic mass is 16.5. The Morgan fingerprint density at radius 1 is 1.23 bits per heavy atom. The summed E-state index contributed by atoms with van der Waals surface area (Å²) in [6, 6.07) is 12.3. The van der Waals surface area contributed by atoms with E-state index >= 15 is 0 Å². The van der Waals surface area contributed by atoms with Crippen LogP contribution in [-0.4, -0.2) is 17.6 Å². The molecule has 0 amide bonds. The molecule has 0 radical (unpaired) electrons. The summed E-state index contributed by atoms with van der Waals surface area (Å²) in [5, 5.41) is 3.37. The van der Waals surface area contributed by atoms with Crippen LogP contribution in [0.15, 0.2) is 41.2 Å². The third kappa shape index (κ3) is 3.57. The number of para-hydroxylation sites is 1. The lowest BCUT2D eigenvalue weighted by Crippen LogP contribution is -2.22. The van der Waals surface area contributed by atoms with Crippen molar-refractivity contribution in [3.8, 4) is 17.0 Å². The predicted octanol–water partition coefficient (Wildman–Crippen LogP) is 3.08. The molecule has 0 atom stereocenters. The lowest BCUT2D eigenvalue weighted by molar-refractivity contribution is 0.318. The van der Waals surface area contributed by atoms with E-state index in [0.29, 0.717) is 19.2 Å². The zero-order valence-corrected chi connectivity index (χ0v) is 12.9. The van der Waals surface area contributed by atoms with E-state index in [1.165, 1.54) is 12.8 Å². The molecule has 1 heterocycles. The van der Waals surface area contributed by atoms with E-state index in [1.807, 2.05) is 36.4 Å². The van der Waals surface area contributed by atoms with E-state index in [4.69, 9.17) is 4.74 Å². The molecule has 3 rings (SSSR count). The number of benzene rings is 1. The Labute approximate surface area is 130 Å². The highest BCUT2D eigenvalue weighted by Gasteiger charge is 2.20. The average molecular weight is 298 g/mol. The van der Waals surface area contributed by atoms with Gasteiger partial charge >= 0.3 is 0 Å². The Morgan fingerprint density at radius 2 is 2.05 bits per heavy atom. The first-order valence-electron chi connectivity index (χ1n) is 7.95. The summed E-state index contributed by atoms with van der Waals surface area (Å²) in [6.45, 7) is 3.38. The molecule has 4 heteroatoms. The van der Waals surface area contributed by atoms with Gasteiger partial charge in [0.25, 0.3) is 5.56 Å². The fourth-order valence-electron chi connectivity index (χ4n) is 2.37. The maximum absolute atomic E-state index is 12.2. The predicted molar refractivity (Wildman–Crippen MR) is 88.1 cm³/mol. The molecular formula is C18H22N2O2. The lowest BCUT2D eigenvalue weighted by Gasteiger charge is -2.11. The zero-order chi connectivity index (χ0) is 15.4. The van der Waals surface area contributed by atoms with E-state index < -0.39 is 0 Å². The van der Waals surface area contributed by atoms with Gasteiger partial charge in [-0.15, -0.1) is 0 Å². The normalized spacial score (nSPS) is 14.0. The van der Waals surface area contributed by atoms with Crippen LogP contribution < -0.4 is 15.6 Å². The molecule has 0 spiro atoms. The number of hydrogen-bond acceptors (Lipinski definition) is 3. The Morgan fingerprint density at radius 3 is 2.77 bits per heavy atom. The van der Waals surface area contributed by atoms with Crippen LogP contribution in [0.3, 0.4) is 0 Å². The molecule has 0 bridgehead atoms. The van der Waals surface area contributed by atoms with Crippen LogP contribution in [0, 0.1) is 0 Å². The van der Waals surface area contributed by atoms with Crippen LogP contribution in [0.25, 0.3) is 11.3 Å². The number of hydrogen-bond donors (Lipinski definition) is 2. The van der Waals surface area contributed by atoms with Crippen molar-refractivity contribution in [2.75, 3.05) is 6.61 Å². The number of ether oxygens (including phenoxy) is 1. The van der Waals surface area contributed by atoms with E-state index in [0.717, 1.165) is 29.0 Å². The van der Waals surface area contributed by atoms with Gasteiger partial charge < -0.3 is 15.0 Å². The van der Waals surface area contributed by atoms with Crippen molar-refractivity contribution >= 4 is 0 Å². The van der Waals surface area contributed by atoms with E-state index in [9.17, 15) is 4.79 Å². The van der Waals surface area contributed by atoms with Crippen molar-refractivity contribution in [3.63, 3.8) is 0 Å². The number of nitrogens with one attached hydrogen (secondary N) is 2. The average Bonchev–Trinajstić information content (AvgIpc) is 3.36. The van der Waals surface area contributed by atoms with Gasteiger partial charge in [-0.25, -0.2) is 0 Å². The molecule has 0 unspecified atom stereocenters. The highest BCUT2D eigenvalue weighted by molar-refractivity contribution is 5.67. The van der Waals surface area contributed by atoms with E-state index in [1.54, 1.807) is 0 Å². The topological polar surface area (TPSA) is 54.1 Å². The van der Waals surface area contributed by atoms with Gasteiger partial charge in [-0.05, 0) is 37.5 Å². The molecule has 1 fully saturated rings. The molecule has 0 aliphatic heterocycles. The summed E-state index contributed by atoms with van der Waals surface area (Å²) in [5.41, 5.74) is 2.47. The van der Waals surface area contributed by atoms with Crippen LogP contribution >= 0.6 is 0 Å². The van der Waals surface area contributed by atoms with Crippen molar-refractivity contribution in [3.05, 3.63) is 52.3 Å². The van der Waals surface area contributed by atoms with Gasteiger partial charge in [0.15, 0.2) is 0 Å². The maximum atomic E-state index is 12.2. The standard InChI is InChI=1S/C18H22N2O2/c1-2-11-22-17-6-4-3-5-15(17)16-10-7-13(18(21)20-16)12-19-14-8-9-14/h3-7,10,14,19H,2,8-9,11-12H2,1H3,(H,20,21). The molecule has 1 aromatic carbocycles. The van der Waals surface area contributed by atoms with Crippen molar-refractivity contribution in [2.24, 2.45) is 0 Å². The second-order valence-electron chi connectivity index (χ2n) is 5.73. The molecule has 4 nitrogen and oxygen atoms in total. The largest absolute Gasteiger partial charge is 0.493 e. The first-order valence-corrected chi connectivity index (χ1v) is 7.95. The lowest BCUT2D eigenvalue weighted by atomic mass is 10.1. The fraction of sp³-hybridized carbons (Fsp3) is 0.389. The monoisotopic (exact) mass is 298 g/mol. The van der Waals surface area contributed by atoms with Crippen molar-refractivity contribution in [1.82, 2.24) is 10.3 Å². The molecule has 1 saturated carbocycles.